The highest BCUT2D eigenvalue weighted by molar-refractivity contribution is 6.30. The van der Waals surface area contributed by atoms with Crippen molar-refractivity contribution in [3.8, 4) is 0 Å². The van der Waals surface area contributed by atoms with Gasteiger partial charge in [0.15, 0.2) is 0 Å². The number of hydrogen-bond donors (Lipinski definition) is 1. The molecule has 1 aromatic carbocycles. The van der Waals surface area contributed by atoms with Crippen LogP contribution in [0.3, 0.4) is 0 Å². The Balaban J connectivity index is 2.56. The second-order valence-corrected chi connectivity index (χ2v) is 7.26. The molecule has 1 unspecified atom stereocenters. The minimum absolute atomic E-state index is 0.192. The number of rotatable bonds is 8. The van der Waals surface area contributed by atoms with E-state index in [1.165, 1.54) is 31.2 Å². The molecule has 0 fully saturated rings. The van der Waals surface area contributed by atoms with Crippen LogP contribution in [0.5, 0.6) is 0 Å². The van der Waals surface area contributed by atoms with Crippen LogP contribution in [0.4, 0.5) is 0 Å². The third kappa shape index (κ3) is 7.91. The normalized spacial score (nSPS) is 13.4. The lowest BCUT2D eigenvalue weighted by molar-refractivity contribution is 0.350. The molecule has 0 amide bonds. The van der Waals surface area contributed by atoms with Gasteiger partial charge in [-0.2, -0.15) is 0 Å². The van der Waals surface area contributed by atoms with E-state index in [4.69, 9.17) is 11.6 Å². The Labute approximate surface area is 130 Å². The van der Waals surface area contributed by atoms with Crippen molar-refractivity contribution in [1.82, 2.24) is 5.32 Å². The number of unbranched alkanes of at least 4 members (excludes halogenated alkanes) is 2. The molecule has 2 heteroatoms. The van der Waals surface area contributed by atoms with E-state index in [9.17, 15) is 0 Å². The molecule has 0 aromatic heterocycles. The van der Waals surface area contributed by atoms with Crippen LogP contribution >= 0.6 is 11.6 Å². The Bertz CT molecular complexity index is 381. The topological polar surface area (TPSA) is 12.0 Å². The first kappa shape index (κ1) is 17.5. The summed E-state index contributed by atoms with van der Waals surface area (Å²) in [4.78, 5) is 0. The van der Waals surface area contributed by atoms with Gasteiger partial charge in [0, 0.05) is 10.6 Å². The van der Waals surface area contributed by atoms with Gasteiger partial charge in [0.2, 0.25) is 0 Å². The van der Waals surface area contributed by atoms with E-state index in [-0.39, 0.29) is 5.54 Å². The van der Waals surface area contributed by atoms with Gasteiger partial charge in [-0.3, -0.25) is 0 Å². The first-order valence-electron chi connectivity index (χ1n) is 7.90. The summed E-state index contributed by atoms with van der Waals surface area (Å²) in [7, 11) is 0. The summed E-state index contributed by atoms with van der Waals surface area (Å²) in [5.74, 6) is 0.694. The molecular formula is C18H30ClN. The smallest absolute Gasteiger partial charge is 0.0408 e. The van der Waals surface area contributed by atoms with Crippen molar-refractivity contribution in [2.75, 3.05) is 6.54 Å². The molecule has 0 saturated carbocycles. The maximum absolute atomic E-state index is 6.09. The first-order chi connectivity index (χ1) is 9.40. The highest BCUT2D eigenvalue weighted by Crippen LogP contribution is 2.19. The van der Waals surface area contributed by atoms with Crippen LogP contribution in [-0.4, -0.2) is 12.1 Å². The standard InChI is InChI=1S/C18H30ClN/c1-5-6-7-9-16(14-20-18(2,3)4)12-15-10-8-11-17(19)13-15/h8,10-11,13,16,20H,5-7,9,12,14H2,1-4H3. The van der Waals surface area contributed by atoms with Crippen molar-refractivity contribution in [1.29, 1.82) is 0 Å². The Hall–Kier alpha value is -0.530. The summed E-state index contributed by atoms with van der Waals surface area (Å²) in [6, 6.07) is 8.30. The van der Waals surface area contributed by atoms with Crippen LogP contribution in [0.1, 0.15) is 58.9 Å². The Morgan fingerprint density at radius 2 is 1.95 bits per heavy atom. The van der Waals surface area contributed by atoms with Gasteiger partial charge in [-0.25, -0.2) is 0 Å². The Morgan fingerprint density at radius 3 is 2.55 bits per heavy atom. The van der Waals surface area contributed by atoms with Gasteiger partial charge in [-0.15, -0.1) is 0 Å². The molecule has 0 aliphatic carbocycles. The largest absolute Gasteiger partial charge is 0.312 e. The third-order valence-corrected chi connectivity index (χ3v) is 3.79. The van der Waals surface area contributed by atoms with Gasteiger partial charge in [0.1, 0.15) is 0 Å². The fourth-order valence-corrected chi connectivity index (χ4v) is 2.62. The number of hydrogen-bond acceptors (Lipinski definition) is 1. The van der Waals surface area contributed by atoms with Crippen LogP contribution in [0.15, 0.2) is 24.3 Å². The minimum atomic E-state index is 0.192. The highest BCUT2D eigenvalue weighted by Gasteiger charge is 2.14. The van der Waals surface area contributed by atoms with Crippen LogP contribution in [0.2, 0.25) is 5.02 Å². The van der Waals surface area contributed by atoms with Crippen LogP contribution in [-0.2, 0) is 6.42 Å². The summed E-state index contributed by atoms with van der Waals surface area (Å²) < 4.78 is 0. The molecule has 20 heavy (non-hydrogen) atoms. The Kier molecular flexibility index (Phi) is 7.61. The molecule has 0 saturated heterocycles. The zero-order valence-electron chi connectivity index (χ0n) is 13.5. The maximum Gasteiger partial charge on any atom is 0.0408 e. The monoisotopic (exact) mass is 295 g/mol. The van der Waals surface area contributed by atoms with Crippen LogP contribution in [0.25, 0.3) is 0 Å². The van der Waals surface area contributed by atoms with Crippen LogP contribution in [0, 0.1) is 5.92 Å². The molecule has 0 aliphatic rings. The van der Waals surface area contributed by atoms with Crippen molar-refractivity contribution >= 4 is 11.6 Å². The van der Waals surface area contributed by atoms with Gasteiger partial charge < -0.3 is 5.32 Å². The molecule has 0 bridgehead atoms. The van der Waals surface area contributed by atoms with E-state index in [0.29, 0.717) is 5.92 Å². The number of nitrogens with one attached hydrogen (secondary N) is 1. The molecule has 1 rings (SSSR count). The molecule has 1 N–H and O–H groups in total. The summed E-state index contributed by atoms with van der Waals surface area (Å²) in [6.07, 6.45) is 6.36. The molecule has 114 valence electrons. The van der Waals surface area contributed by atoms with E-state index in [1.54, 1.807) is 0 Å². The van der Waals surface area contributed by atoms with E-state index in [1.807, 2.05) is 6.07 Å². The van der Waals surface area contributed by atoms with Crippen molar-refractivity contribution in [2.24, 2.45) is 5.92 Å². The summed E-state index contributed by atoms with van der Waals surface area (Å²) in [5, 5.41) is 4.50. The van der Waals surface area contributed by atoms with Crippen molar-refractivity contribution in [2.45, 2.75) is 65.3 Å². The predicted octanol–water partition coefficient (Wildman–Crippen LogP) is 5.47. The molecule has 1 nitrogen and oxygen atoms in total. The van der Waals surface area contributed by atoms with Gasteiger partial charge in [-0.1, -0.05) is 49.9 Å². The average Bonchev–Trinajstić information content (AvgIpc) is 2.35. The number of benzene rings is 1. The zero-order chi connectivity index (χ0) is 15.0. The van der Waals surface area contributed by atoms with Crippen molar-refractivity contribution in [3.63, 3.8) is 0 Å². The molecule has 1 aromatic rings. The van der Waals surface area contributed by atoms with Gasteiger partial charge in [0.05, 0.1) is 0 Å². The van der Waals surface area contributed by atoms with Gasteiger partial charge in [-0.05, 0) is 63.8 Å². The zero-order valence-corrected chi connectivity index (χ0v) is 14.3. The lowest BCUT2D eigenvalue weighted by Gasteiger charge is -2.25. The SMILES string of the molecule is CCCCCC(CNC(C)(C)C)Cc1cccc(Cl)c1. The molecule has 1 atom stereocenters. The van der Waals surface area contributed by atoms with Gasteiger partial charge >= 0.3 is 0 Å². The molecule has 0 radical (unpaired) electrons. The van der Waals surface area contributed by atoms with E-state index < -0.39 is 0 Å². The molecule has 0 spiro atoms. The van der Waals surface area contributed by atoms with E-state index in [2.05, 4.69) is 51.2 Å². The number of halogens is 1. The first-order valence-corrected chi connectivity index (χ1v) is 8.28. The third-order valence-electron chi connectivity index (χ3n) is 3.55. The predicted molar refractivity (Wildman–Crippen MR) is 90.5 cm³/mol. The summed E-state index contributed by atoms with van der Waals surface area (Å²) in [6.45, 7) is 10.0. The van der Waals surface area contributed by atoms with Crippen LogP contribution < -0.4 is 5.32 Å². The fraction of sp³-hybridized carbons (Fsp3) is 0.667. The molecular weight excluding hydrogens is 266 g/mol. The second kappa shape index (κ2) is 8.69. The quantitative estimate of drug-likeness (QED) is 0.627. The molecule has 0 aliphatic heterocycles. The maximum atomic E-state index is 6.09. The second-order valence-electron chi connectivity index (χ2n) is 6.83. The highest BCUT2D eigenvalue weighted by atomic mass is 35.5. The lowest BCUT2D eigenvalue weighted by atomic mass is 9.92. The van der Waals surface area contributed by atoms with Crippen molar-refractivity contribution < 1.29 is 0 Å². The summed E-state index contributed by atoms with van der Waals surface area (Å²) >= 11 is 6.09. The van der Waals surface area contributed by atoms with E-state index in [0.717, 1.165) is 18.0 Å². The van der Waals surface area contributed by atoms with Gasteiger partial charge in [0.25, 0.3) is 0 Å². The lowest BCUT2D eigenvalue weighted by Crippen LogP contribution is -2.39. The summed E-state index contributed by atoms with van der Waals surface area (Å²) in [5.41, 5.74) is 1.55. The van der Waals surface area contributed by atoms with Crippen molar-refractivity contribution in [3.05, 3.63) is 34.9 Å². The van der Waals surface area contributed by atoms with E-state index >= 15 is 0 Å². The fourth-order valence-electron chi connectivity index (χ4n) is 2.41. The minimum Gasteiger partial charge on any atom is -0.312 e. The molecule has 0 heterocycles. The Morgan fingerprint density at radius 1 is 1.20 bits per heavy atom. The average molecular weight is 296 g/mol.